The summed E-state index contributed by atoms with van der Waals surface area (Å²) in [4.78, 5) is 7.08. The lowest BCUT2D eigenvalue weighted by Crippen LogP contribution is -2.31. The summed E-state index contributed by atoms with van der Waals surface area (Å²) in [6, 6.07) is 3.13. The third kappa shape index (κ3) is 5.94. The van der Waals surface area contributed by atoms with E-state index in [-0.39, 0.29) is 0 Å². The van der Waals surface area contributed by atoms with Gasteiger partial charge in [0.15, 0.2) is 0 Å². The van der Waals surface area contributed by atoms with Crippen LogP contribution in [0.2, 0.25) is 0 Å². The number of pyridine rings is 1. The minimum absolute atomic E-state index is 0.463. The normalized spacial score (nSPS) is 17.2. The van der Waals surface area contributed by atoms with Gasteiger partial charge in [-0.15, -0.1) is 0 Å². The lowest BCUT2D eigenvalue weighted by atomic mass is 10.1. The topological polar surface area (TPSA) is 46.0 Å². The number of hydrogen-bond donors (Lipinski definition) is 1. The minimum Gasteiger partial charge on any atom is -0.368 e. The number of fused-ring (bicyclic) bond motifs is 1. The van der Waals surface area contributed by atoms with Gasteiger partial charge in [0, 0.05) is 11.4 Å². The van der Waals surface area contributed by atoms with E-state index in [0.29, 0.717) is 12.1 Å². The maximum Gasteiger partial charge on any atom is 0.126 e. The Morgan fingerprint density at radius 3 is 2.54 bits per heavy atom. The van der Waals surface area contributed by atoms with Crippen LogP contribution in [0.1, 0.15) is 84.1 Å². The molecule has 3 rings (SSSR count). The molecule has 1 aliphatic heterocycles. The predicted octanol–water partition coefficient (Wildman–Crippen LogP) is 5.64. The molecule has 0 radical (unpaired) electrons. The molecule has 156 valence electrons. The highest BCUT2D eigenvalue weighted by atomic mass is 15.3. The van der Waals surface area contributed by atoms with Crippen LogP contribution in [0.5, 0.6) is 0 Å². The molecule has 0 bridgehead atoms. The Bertz CT molecular complexity index is 702. The quantitative estimate of drug-likeness (QED) is 0.509. The van der Waals surface area contributed by atoms with E-state index in [1.807, 2.05) is 12.4 Å². The number of unbranched alkanes of at least 4 members (excludes halogenated alkanes) is 6. The van der Waals surface area contributed by atoms with Gasteiger partial charge in [-0.2, -0.15) is 5.10 Å². The van der Waals surface area contributed by atoms with Gasteiger partial charge in [0.2, 0.25) is 0 Å². The van der Waals surface area contributed by atoms with Crippen LogP contribution in [-0.4, -0.2) is 45.8 Å². The number of nitrogens with one attached hydrogen (secondary N) is 1. The van der Waals surface area contributed by atoms with Crippen LogP contribution in [0, 0.1) is 0 Å². The molecule has 0 saturated carbocycles. The van der Waals surface area contributed by atoms with Gasteiger partial charge < -0.3 is 10.2 Å². The molecule has 0 amide bonds. The fourth-order valence-corrected chi connectivity index (χ4v) is 4.29. The molecule has 1 aliphatic rings. The highest BCUT2D eigenvalue weighted by Crippen LogP contribution is 2.26. The summed E-state index contributed by atoms with van der Waals surface area (Å²) in [5.74, 6) is 0.978. The highest BCUT2D eigenvalue weighted by Gasteiger charge is 2.20. The van der Waals surface area contributed by atoms with Crippen molar-refractivity contribution in [2.75, 3.05) is 25.5 Å². The van der Waals surface area contributed by atoms with Crippen LogP contribution >= 0.6 is 0 Å². The first-order valence-electron chi connectivity index (χ1n) is 11.5. The number of nitrogens with zero attached hydrogens (tertiary/aromatic N) is 4. The first kappa shape index (κ1) is 21.1. The van der Waals surface area contributed by atoms with Crippen LogP contribution in [0.15, 0.2) is 18.5 Å². The van der Waals surface area contributed by atoms with Crippen molar-refractivity contribution in [3.63, 3.8) is 0 Å². The molecule has 1 saturated heterocycles. The van der Waals surface area contributed by atoms with Gasteiger partial charge >= 0.3 is 0 Å². The summed E-state index contributed by atoms with van der Waals surface area (Å²) < 4.78 is 2.20. The second kappa shape index (κ2) is 10.8. The number of likely N-dealkylation sites (tertiary alicyclic amines) is 1. The second-order valence-electron chi connectivity index (χ2n) is 8.71. The fourth-order valence-electron chi connectivity index (χ4n) is 4.29. The molecule has 28 heavy (non-hydrogen) atoms. The zero-order valence-electron chi connectivity index (χ0n) is 18.2. The predicted molar refractivity (Wildman–Crippen MR) is 119 cm³/mol. The van der Waals surface area contributed by atoms with Gasteiger partial charge in [0.25, 0.3) is 0 Å². The van der Waals surface area contributed by atoms with Crippen LogP contribution in [0.4, 0.5) is 5.82 Å². The molecule has 0 aliphatic carbocycles. The first-order chi connectivity index (χ1) is 13.7. The van der Waals surface area contributed by atoms with Gasteiger partial charge in [-0.1, -0.05) is 51.9 Å². The lowest BCUT2D eigenvalue weighted by Gasteiger charge is -2.29. The third-order valence-electron chi connectivity index (χ3n) is 6.15. The van der Waals surface area contributed by atoms with Gasteiger partial charge in [0.05, 0.1) is 24.0 Å². The van der Waals surface area contributed by atoms with Gasteiger partial charge in [-0.05, 0) is 52.4 Å². The van der Waals surface area contributed by atoms with Crippen molar-refractivity contribution < 1.29 is 0 Å². The summed E-state index contributed by atoms with van der Waals surface area (Å²) in [5, 5.41) is 9.46. The van der Waals surface area contributed by atoms with Crippen LogP contribution in [-0.2, 0) is 0 Å². The standard InChI is InChI=1S/C23H39N5/c1-4-5-6-7-8-9-10-11-19(2)26-23-16-20-17-25-28(22(20)18-24-23)21-12-14-27(3)15-13-21/h16-19,21H,4-15H2,1-3H3,(H,24,26). The smallest absolute Gasteiger partial charge is 0.126 e. The average molecular weight is 386 g/mol. The number of anilines is 1. The van der Waals surface area contributed by atoms with E-state index in [0.717, 1.165) is 18.9 Å². The molecule has 5 nitrogen and oxygen atoms in total. The van der Waals surface area contributed by atoms with E-state index in [2.05, 4.69) is 51.9 Å². The number of hydrogen-bond acceptors (Lipinski definition) is 4. The van der Waals surface area contributed by atoms with Gasteiger partial charge in [-0.3, -0.25) is 4.68 Å². The summed E-state index contributed by atoms with van der Waals surface area (Å²) in [6.07, 6.45) is 17.1. The minimum atomic E-state index is 0.463. The highest BCUT2D eigenvalue weighted by molar-refractivity contribution is 5.80. The monoisotopic (exact) mass is 385 g/mol. The molecular weight excluding hydrogens is 346 g/mol. The van der Waals surface area contributed by atoms with E-state index in [1.54, 1.807) is 0 Å². The second-order valence-corrected chi connectivity index (χ2v) is 8.71. The molecule has 0 spiro atoms. The Labute approximate surface area is 170 Å². The van der Waals surface area contributed by atoms with Crippen LogP contribution < -0.4 is 5.32 Å². The third-order valence-corrected chi connectivity index (χ3v) is 6.15. The zero-order chi connectivity index (χ0) is 19.8. The Hall–Kier alpha value is -1.62. The molecule has 5 heteroatoms. The number of piperidine rings is 1. The summed E-state index contributed by atoms with van der Waals surface area (Å²) in [5.41, 5.74) is 1.17. The Morgan fingerprint density at radius 2 is 1.79 bits per heavy atom. The Balaban J connectivity index is 1.46. The number of aromatic nitrogens is 3. The molecule has 1 N–H and O–H groups in total. The fraction of sp³-hybridized carbons (Fsp3) is 0.739. The Kier molecular flexibility index (Phi) is 8.13. The van der Waals surface area contributed by atoms with E-state index in [1.165, 1.54) is 75.1 Å². The zero-order valence-corrected chi connectivity index (χ0v) is 18.2. The summed E-state index contributed by atoms with van der Waals surface area (Å²) >= 11 is 0. The van der Waals surface area contributed by atoms with E-state index >= 15 is 0 Å². The summed E-state index contributed by atoms with van der Waals surface area (Å²) in [7, 11) is 2.20. The first-order valence-corrected chi connectivity index (χ1v) is 11.5. The van der Waals surface area contributed by atoms with Crippen molar-refractivity contribution in [3.05, 3.63) is 18.5 Å². The van der Waals surface area contributed by atoms with Crippen molar-refractivity contribution in [2.24, 2.45) is 0 Å². The van der Waals surface area contributed by atoms with Crippen LogP contribution in [0.25, 0.3) is 10.9 Å². The average Bonchev–Trinajstić information content (AvgIpc) is 3.11. The number of rotatable bonds is 11. The molecule has 0 aromatic carbocycles. The molecule has 2 aromatic heterocycles. The molecule has 1 unspecified atom stereocenters. The van der Waals surface area contributed by atoms with E-state index in [4.69, 9.17) is 0 Å². The van der Waals surface area contributed by atoms with Crippen molar-refractivity contribution in [1.29, 1.82) is 0 Å². The van der Waals surface area contributed by atoms with Gasteiger partial charge in [-0.25, -0.2) is 4.98 Å². The lowest BCUT2D eigenvalue weighted by molar-refractivity contribution is 0.215. The van der Waals surface area contributed by atoms with Crippen molar-refractivity contribution in [1.82, 2.24) is 19.7 Å². The van der Waals surface area contributed by atoms with Crippen molar-refractivity contribution in [3.8, 4) is 0 Å². The van der Waals surface area contributed by atoms with Crippen molar-refractivity contribution in [2.45, 2.75) is 90.1 Å². The molecule has 3 heterocycles. The largest absolute Gasteiger partial charge is 0.368 e. The SMILES string of the molecule is CCCCCCCCCC(C)Nc1cc2cnn(C3CCN(C)CC3)c2cn1. The van der Waals surface area contributed by atoms with Gasteiger partial charge in [0.1, 0.15) is 5.82 Å². The van der Waals surface area contributed by atoms with E-state index < -0.39 is 0 Å². The Morgan fingerprint density at radius 1 is 1.07 bits per heavy atom. The maximum atomic E-state index is 4.69. The summed E-state index contributed by atoms with van der Waals surface area (Å²) in [6.45, 7) is 6.84. The van der Waals surface area contributed by atoms with E-state index in [9.17, 15) is 0 Å². The molecule has 1 atom stereocenters. The molecule has 1 fully saturated rings. The van der Waals surface area contributed by atoms with Crippen molar-refractivity contribution >= 4 is 16.7 Å². The van der Waals surface area contributed by atoms with Crippen LogP contribution in [0.3, 0.4) is 0 Å². The maximum absolute atomic E-state index is 4.69. The molecular formula is C23H39N5. The molecule has 2 aromatic rings.